The summed E-state index contributed by atoms with van der Waals surface area (Å²) >= 11 is 0. The molecule has 1 atom stereocenters. The Labute approximate surface area is 171 Å². The number of hydrogen-bond donors (Lipinski definition) is 7. The summed E-state index contributed by atoms with van der Waals surface area (Å²) in [5.74, 6) is 6.10. The van der Waals surface area contributed by atoms with Gasteiger partial charge in [-0.3, -0.25) is 14.6 Å². The number of nitrogens with zero attached hydrogens (tertiary/aromatic N) is 5. The number of nitrogens with one attached hydrogen (secondary N) is 3. The summed E-state index contributed by atoms with van der Waals surface area (Å²) in [5, 5.41) is 29.9. The van der Waals surface area contributed by atoms with Gasteiger partial charge in [0.25, 0.3) is 5.91 Å². The first-order valence-electron chi connectivity index (χ1n) is 7.97. The molecule has 0 aromatic heterocycles. The maximum absolute atomic E-state index is 12.2. The maximum atomic E-state index is 12.2. The molecule has 9 N–H and O–H groups in total. The van der Waals surface area contributed by atoms with Crippen LogP contribution < -0.4 is 17.1 Å². The van der Waals surface area contributed by atoms with E-state index in [-0.39, 0.29) is 12.8 Å². The van der Waals surface area contributed by atoms with Crippen molar-refractivity contribution in [2.45, 2.75) is 18.9 Å². The van der Waals surface area contributed by atoms with Gasteiger partial charge in [-0.1, -0.05) is 18.2 Å². The number of benzene rings is 1. The molecule has 1 aromatic rings. The number of nitrogens with two attached hydrogens (primary N) is 2. The van der Waals surface area contributed by atoms with Crippen LogP contribution in [0.3, 0.4) is 0 Å². The second-order valence-electron chi connectivity index (χ2n) is 4.84. The molecule has 1 amide bonds. The Morgan fingerprint density at radius 3 is 1.90 bits per heavy atom. The number of carboxylic acids is 2. The number of hydrazine groups is 1. The van der Waals surface area contributed by atoms with Crippen molar-refractivity contribution >= 4 is 30.5 Å². The van der Waals surface area contributed by atoms with Gasteiger partial charge in [0.2, 0.25) is 0 Å². The molecule has 164 valence electrons. The lowest BCUT2D eigenvalue weighted by atomic mass is 10.1. The predicted octanol–water partition coefficient (Wildman–Crippen LogP) is 0.420. The van der Waals surface area contributed by atoms with Gasteiger partial charge in [0.05, 0.1) is 0 Å². The minimum Gasteiger partial charge on any atom is -0.481 e. The van der Waals surface area contributed by atoms with Gasteiger partial charge in [0.15, 0.2) is 12.7 Å². The lowest BCUT2D eigenvalue weighted by Crippen LogP contribution is -2.51. The highest BCUT2D eigenvalue weighted by atomic mass is 16.4. The number of aliphatic carboxylic acids is 2. The quantitative estimate of drug-likeness (QED) is 0.0957. The predicted molar refractivity (Wildman–Crippen MR) is 106 cm³/mol. The molecule has 0 aliphatic heterocycles. The molecular weight excluding hydrogens is 400 g/mol. The first kappa shape index (κ1) is 27.9. The largest absolute Gasteiger partial charge is 0.481 e. The van der Waals surface area contributed by atoms with E-state index in [1.165, 1.54) is 7.05 Å². The fraction of sp³-hybridized carbons (Fsp3) is 0.267. The third-order valence-electron chi connectivity index (χ3n) is 2.96. The third-order valence-corrected chi connectivity index (χ3v) is 2.96. The molecule has 1 rings (SSSR count). The molecule has 15 heteroatoms. The first-order chi connectivity index (χ1) is 14.3. The zero-order chi connectivity index (χ0) is 23.4. The average Bonchev–Trinajstić information content (AvgIpc) is 2.73. The molecule has 0 radical (unpaired) electrons. The molecule has 1 aromatic carbocycles. The lowest BCUT2D eigenvalue weighted by Gasteiger charge is -2.27. The molecule has 30 heavy (non-hydrogen) atoms. The van der Waals surface area contributed by atoms with Crippen molar-refractivity contribution in [2.24, 2.45) is 32.1 Å². The molecule has 0 bridgehead atoms. The van der Waals surface area contributed by atoms with Crippen molar-refractivity contribution in [3.63, 3.8) is 0 Å². The van der Waals surface area contributed by atoms with Gasteiger partial charge in [-0.15, -0.1) is 10.2 Å². The normalized spacial score (nSPS) is 10.7. The Morgan fingerprint density at radius 1 is 1.10 bits per heavy atom. The van der Waals surface area contributed by atoms with Gasteiger partial charge in [0.1, 0.15) is 6.04 Å². The molecule has 0 spiro atoms. The fourth-order valence-electron chi connectivity index (χ4n) is 1.81. The highest BCUT2D eigenvalue weighted by Crippen LogP contribution is 2.11. The Morgan fingerprint density at radius 2 is 1.60 bits per heavy atom. The zero-order valence-corrected chi connectivity index (χ0v) is 16.0. The Bertz CT molecular complexity index is 710. The molecule has 0 unspecified atom stereocenters. The number of carboxylic acid groups (broad SMARTS) is 2. The van der Waals surface area contributed by atoms with Crippen LogP contribution in [0.2, 0.25) is 0 Å². The van der Waals surface area contributed by atoms with E-state index in [1.54, 1.807) is 30.3 Å². The topological polar surface area (TPSA) is 256 Å². The van der Waals surface area contributed by atoms with Crippen LogP contribution in [-0.4, -0.2) is 58.8 Å². The monoisotopic (exact) mass is 424 g/mol. The summed E-state index contributed by atoms with van der Waals surface area (Å²) in [6, 6.07) is 6.93. The summed E-state index contributed by atoms with van der Waals surface area (Å²) in [6.45, 7) is 0. The number of carbonyl (C=O) groups is 3. The van der Waals surface area contributed by atoms with E-state index in [0.29, 0.717) is 5.56 Å². The molecule has 0 saturated heterocycles. The Kier molecular flexibility index (Phi) is 16.9. The molecule has 15 nitrogen and oxygen atoms in total. The van der Waals surface area contributed by atoms with Crippen molar-refractivity contribution in [1.82, 2.24) is 10.4 Å². The van der Waals surface area contributed by atoms with Crippen LogP contribution in [0.4, 0.5) is 0 Å². The highest BCUT2D eigenvalue weighted by Gasteiger charge is 2.30. The van der Waals surface area contributed by atoms with Crippen molar-refractivity contribution in [3.8, 4) is 0 Å². The van der Waals surface area contributed by atoms with E-state index in [4.69, 9.17) is 21.3 Å². The van der Waals surface area contributed by atoms with Crippen LogP contribution in [0.25, 0.3) is 0 Å². The van der Waals surface area contributed by atoms with Crippen LogP contribution in [-0.2, 0) is 9.59 Å². The smallest absolute Gasteiger partial charge is 0.328 e. The Hall–Kier alpha value is -4.27. The van der Waals surface area contributed by atoms with Gasteiger partial charge in [0, 0.05) is 19.0 Å². The number of hydrogen-bond acceptors (Lipinski definition) is 10. The number of amides is 1. The minimum atomic E-state index is -1.26. The van der Waals surface area contributed by atoms with E-state index in [2.05, 4.69) is 37.5 Å². The van der Waals surface area contributed by atoms with Crippen LogP contribution >= 0.6 is 0 Å². The standard InChI is InChI=1S/C13H16N2O5.2CH4N4/c1-14-15(10(13(19)20)7-8-11(16)17)12(18)9-5-3-2-4-6-9;2*2-4-1-5-3/h2-6,10,14H,7-8H2,1H3,(H,16,17)(H,19,20);2*1-2H,3H2/t10-;;/m0../s1. The van der Waals surface area contributed by atoms with E-state index in [9.17, 15) is 14.4 Å². The van der Waals surface area contributed by atoms with E-state index < -0.39 is 23.9 Å². The van der Waals surface area contributed by atoms with Crippen molar-refractivity contribution < 1.29 is 24.6 Å². The fourth-order valence-corrected chi connectivity index (χ4v) is 1.81. The van der Waals surface area contributed by atoms with E-state index in [0.717, 1.165) is 17.7 Å². The summed E-state index contributed by atoms with van der Waals surface area (Å²) in [5.41, 5.74) is 14.8. The van der Waals surface area contributed by atoms with Gasteiger partial charge >= 0.3 is 11.9 Å². The third kappa shape index (κ3) is 13.0. The van der Waals surface area contributed by atoms with Crippen molar-refractivity contribution in [2.75, 3.05) is 7.05 Å². The van der Waals surface area contributed by atoms with Gasteiger partial charge < -0.3 is 21.9 Å². The van der Waals surface area contributed by atoms with Crippen LogP contribution in [0.15, 0.2) is 50.8 Å². The summed E-state index contributed by atoms with van der Waals surface area (Å²) < 4.78 is 0. The molecular formula is C15H24N10O5. The Balaban J connectivity index is 0. The van der Waals surface area contributed by atoms with Gasteiger partial charge in [-0.2, -0.15) is 10.2 Å². The summed E-state index contributed by atoms with van der Waals surface area (Å²) in [7, 11) is 1.41. The zero-order valence-electron chi connectivity index (χ0n) is 16.0. The van der Waals surface area contributed by atoms with E-state index in [1.807, 2.05) is 0 Å². The second-order valence-corrected chi connectivity index (χ2v) is 4.84. The average molecular weight is 424 g/mol. The highest BCUT2D eigenvalue weighted by molar-refractivity contribution is 5.96. The molecule has 0 fully saturated rings. The summed E-state index contributed by atoms with van der Waals surface area (Å²) in [6.07, 6.45) is 1.38. The number of carbonyl (C=O) groups excluding carboxylic acids is 1. The van der Waals surface area contributed by atoms with Gasteiger partial charge in [-0.05, 0) is 18.6 Å². The second kappa shape index (κ2) is 18.1. The first-order valence-corrected chi connectivity index (χ1v) is 7.97. The molecule has 0 aliphatic rings. The van der Waals surface area contributed by atoms with Crippen LogP contribution in [0.5, 0.6) is 0 Å². The van der Waals surface area contributed by atoms with E-state index >= 15 is 0 Å². The molecule has 0 saturated carbocycles. The summed E-state index contributed by atoms with van der Waals surface area (Å²) in [4.78, 5) is 34.0. The van der Waals surface area contributed by atoms with Crippen LogP contribution in [0, 0.1) is 11.1 Å². The minimum absolute atomic E-state index is 0.177. The van der Waals surface area contributed by atoms with Crippen LogP contribution in [0.1, 0.15) is 23.2 Å². The SMILES string of the molecule is CNN(C(=O)c1ccccc1)[C@@H](CCC(=O)O)C(=O)O.N=NC=NN.N=NC=NN. The number of rotatable bonds is 9. The van der Waals surface area contributed by atoms with Crippen molar-refractivity contribution in [3.05, 3.63) is 35.9 Å². The number of hydrazone groups is 2. The molecule has 0 aliphatic carbocycles. The maximum Gasteiger partial charge on any atom is 0.328 e. The van der Waals surface area contributed by atoms with Gasteiger partial charge in [-0.25, -0.2) is 21.3 Å². The molecule has 0 heterocycles. The van der Waals surface area contributed by atoms with Crippen molar-refractivity contribution in [1.29, 1.82) is 11.1 Å². The lowest BCUT2D eigenvalue weighted by molar-refractivity contribution is -0.144.